The lowest BCUT2D eigenvalue weighted by Crippen LogP contribution is -2.16. The predicted molar refractivity (Wildman–Crippen MR) is 171 cm³/mol. The fourth-order valence-corrected chi connectivity index (χ4v) is 4.97. The molecule has 0 aliphatic carbocycles. The molecule has 0 radical (unpaired) electrons. The fraction of sp³-hybridized carbons (Fsp3) is 0.371. The van der Waals surface area contributed by atoms with Gasteiger partial charge in [-0.1, -0.05) is 39.5 Å². The lowest BCUT2D eigenvalue weighted by molar-refractivity contribution is -0.384. The van der Waals surface area contributed by atoms with E-state index in [1.165, 1.54) is 36.4 Å². The molecular weight excluding hydrogens is 610 g/mol. The minimum atomic E-state index is -1.09. The number of phenols is 3. The Morgan fingerprint density at radius 2 is 1.26 bits per heavy atom. The molecule has 0 aliphatic heterocycles. The summed E-state index contributed by atoms with van der Waals surface area (Å²) in [6, 6.07) is 9.69. The smallest absolute Gasteiger partial charge is 0.347 e. The highest BCUT2D eigenvalue weighted by Crippen LogP contribution is 2.33. The normalized spacial score (nSPS) is 10.8. The average Bonchev–Trinajstić information content (AvgIpc) is 2.99. The molecule has 0 bridgehead atoms. The zero-order valence-electron chi connectivity index (χ0n) is 26.5. The molecule has 0 aliphatic rings. The molecule has 0 atom stereocenters. The first-order valence-electron chi connectivity index (χ1n) is 15.5. The van der Waals surface area contributed by atoms with Gasteiger partial charge in [0.2, 0.25) is 0 Å². The van der Waals surface area contributed by atoms with Crippen LogP contribution in [0.3, 0.4) is 0 Å². The number of carbonyl (C=O) groups excluding carboxylic acids is 4. The molecule has 12 heteroatoms. The number of nitro groups is 1. The number of ketones is 2. The molecule has 12 nitrogen and oxygen atoms in total. The van der Waals surface area contributed by atoms with Crippen LogP contribution in [-0.4, -0.2) is 43.7 Å². The molecule has 47 heavy (non-hydrogen) atoms. The monoisotopic (exact) mass is 649 g/mol. The summed E-state index contributed by atoms with van der Waals surface area (Å²) in [5.74, 6) is -4.35. The highest BCUT2D eigenvalue weighted by Gasteiger charge is 2.25. The third-order valence-electron chi connectivity index (χ3n) is 7.39. The number of carbonyl (C=O) groups is 4. The highest BCUT2D eigenvalue weighted by atomic mass is 16.6. The Balaban J connectivity index is 1.90. The van der Waals surface area contributed by atoms with Gasteiger partial charge >= 0.3 is 11.9 Å². The second-order valence-electron chi connectivity index (χ2n) is 11.2. The van der Waals surface area contributed by atoms with E-state index in [0.717, 1.165) is 37.8 Å². The minimum Gasteiger partial charge on any atom is -0.508 e. The van der Waals surface area contributed by atoms with Gasteiger partial charge in [-0.2, -0.15) is 0 Å². The Kier molecular flexibility index (Phi) is 13.4. The zero-order chi connectivity index (χ0) is 34.5. The van der Waals surface area contributed by atoms with Crippen molar-refractivity contribution < 1.29 is 48.9 Å². The molecule has 0 saturated heterocycles. The lowest BCUT2D eigenvalue weighted by atomic mass is 9.97. The van der Waals surface area contributed by atoms with E-state index in [0.29, 0.717) is 18.4 Å². The van der Waals surface area contributed by atoms with E-state index in [1.54, 1.807) is 0 Å². The molecule has 0 saturated carbocycles. The van der Waals surface area contributed by atoms with Crippen molar-refractivity contribution in [3.63, 3.8) is 0 Å². The van der Waals surface area contributed by atoms with Gasteiger partial charge in [0.05, 0.1) is 4.92 Å². The van der Waals surface area contributed by atoms with Crippen molar-refractivity contribution in [3.8, 4) is 23.0 Å². The number of Topliss-reactive ketones (excluding diaryl/α,β-unsaturated/α-hetero) is 2. The van der Waals surface area contributed by atoms with Crippen LogP contribution in [0.15, 0.2) is 48.5 Å². The van der Waals surface area contributed by atoms with E-state index in [2.05, 4.69) is 0 Å². The average molecular weight is 650 g/mol. The number of rotatable bonds is 18. The summed E-state index contributed by atoms with van der Waals surface area (Å²) in [4.78, 5) is 62.2. The second-order valence-corrected chi connectivity index (χ2v) is 11.2. The van der Waals surface area contributed by atoms with Crippen molar-refractivity contribution in [2.24, 2.45) is 0 Å². The number of hydrogen-bond donors (Lipinski definition) is 3. The second kappa shape index (κ2) is 17.4. The Morgan fingerprint density at radius 3 is 1.81 bits per heavy atom. The van der Waals surface area contributed by atoms with Crippen molar-refractivity contribution in [2.45, 2.75) is 84.7 Å². The van der Waals surface area contributed by atoms with Crippen LogP contribution in [-0.2, 0) is 33.8 Å². The molecule has 0 aromatic heterocycles. The molecular formula is C35H39NO11. The first-order chi connectivity index (χ1) is 22.4. The van der Waals surface area contributed by atoms with Crippen LogP contribution in [0.4, 0.5) is 5.69 Å². The van der Waals surface area contributed by atoms with Crippen LogP contribution in [0.5, 0.6) is 23.0 Å². The summed E-state index contributed by atoms with van der Waals surface area (Å²) in [6.07, 6.45) is 4.68. The van der Waals surface area contributed by atoms with Crippen LogP contribution < -0.4 is 4.74 Å². The summed E-state index contributed by atoms with van der Waals surface area (Å²) >= 11 is 0. The van der Waals surface area contributed by atoms with Crippen molar-refractivity contribution in [1.82, 2.24) is 0 Å². The first-order valence-corrected chi connectivity index (χ1v) is 15.5. The molecule has 0 heterocycles. The van der Waals surface area contributed by atoms with Gasteiger partial charge < -0.3 is 24.8 Å². The minimum absolute atomic E-state index is 0.0317. The maximum atomic E-state index is 13.3. The van der Waals surface area contributed by atoms with Crippen molar-refractivity contribution in [1.29, 1.82) is 0 Å². The van der Waals surface area contributed by atoms with Gasteiger partial charge in [0.15, 0.2) is 0 Å². The van der Waals surface area contributed by atoms with Gasteiger partial charge in [-0.05, 0) is 53.8 Å². The molecule has 3 aromatic carbocycles. The van der Waals surface area contributed by atoms with E-state index >= 15 is 0 Å². The largest absolute Gasteiger partial charge is 0.508 e. The number of hydrogen-bond acceptors (Lipinski definition) is 11. The quantitative estimate of drug-likeness (QED) is 0.0438. The Morgan fingerprint density at radius 1 is 0.723 bits per heavy atom. The van der Waals surface area contributed by atoms with Crippen LogP contribution in [0.2, 0.25) is 0 Å². The Labute approximate surface area is 272 Å². The van der Waals surface area contributed by atoms with Gasteiger partial charge in [-0.3, -0.25) is 19.7 Å². The SMILES string of the molecule is CCCCCC(=O)Cc1cc(OC(=O)c2c(O)cc(O)cc2CC(=O)CCCCC)cc(O)c1C(=O)OCc1ccc([N+](=O)[O-])cc1. The van der Waals surface area contributed by atoms with Crippen molar-refractivity contribution in [2.75, 3.05) is 0 Å². The van der Waals surface area contributed by atoms with Crippen LogP contribution in [0.1, 0.15) is 103 Å². The molecule has 3 rings (SSSR count). The van der Waals surface area contributed by atoms with Crippen LogP contribution >= 0.6 is 0 Å². The van der Waals surface area contributed by atoms with Gasteiger partial charge in [0.1, 0.15) is 52.3 Å². The standard InChI is InChI=1S/C35H39NO11/c1-3-5-7-9-26(37)15-23-17-28(39)19-30(40)33(23)35(43)47-29-18-24(16-27(38)10-8-6-4-2)32(31(41)20-29)34(42)46-21-22-11-13-25(14-12-22)36(44)45/h11-14,17-20,39-41H,3-10,15-16,21H2,1-2H3. The first kappa shape index (κ1) is 36.2. The number of ether oxygens (including phenoxy) is 2. The van der Waals surface area contributed by atoms with Gasteiger partial charge in [0, 0.05) is 49.9 Å². The van der Waals surface area contributed by atoms with E-state index in [4.69, 9.17) is 9.47 Å². The van der Waals surface area contributed by atoms with Crippen molar-refractivity contribution in [3.05, 3.63) is 86.5 Å². The van der Waals surface area contributed by atoms with Gasteiger partial charge in [-0.15, -0.1) is 0 Å². The summed E-state index contributed by atoms with van der Waals surface area (Å²) in [7, 11) is 0. The molecule has 0 spiro atoms. The Hall–Kier alpha value is -5.26. The molecule has 0 amide bonds. The Bertz CT molecular complexity index is 1610. The van der Waals surface area contributed by atoms with Crippen molar-refractivity contribution >= 4 is 29.2 Å². The summed E-state index contributed by atoms with van der Waals surface area (Å²) < 4.78 is 10.8. The number of phenolic OH excluding ortho intramolecular Hbond substituents is 3. The molecule has 0 fully saturated rings. The van der Waals surface area contributed by atoms with Crippen LogP contribution in [0, 0.1) is 10.1 Å². The number of nitro benzene ring substituents is 1. The van der Waals surface area contributed by atoms with E-state index in [-0.39, 0.29) is 83.3 Å². The summed E-state index contributed by atoms with van der Waals surface area (Å²) in [5, 5.41) is 42.4. The number of benzene rings is 3. The number of non-ortho nitro benzene ring substituents is 1. The van der Waals surface area contributed by atoms with Crippen LogP contribution in [0.25, 0.3) is 0 Å². The number of nitrogens with zero attached hydrogens (tertiary/aromatic N) is 1. The fourth-order valence-electron chi connectivity index (χ4n) is 4.97. The van der Waals surface area contributed by atoms with Gasteiger partial charge in [-0.25, -0.2) is 9.59 Å². The topological polar surface area (TPSA) is 191 Å². The third-order valence-corrected chi connectivity index (χ3v) is 7.39. The zero-order valence-corrected chi connectivity index (χ0v) is 26.5. The molecule has 3 N–H and O–H groups in total. The molecule has 250 valence electrons. The van der Waals surface area contributed by atoms with E-state index in [9.17, 15) is 44.6 Å². The number of esters is 2. The number of unbranched alkanes of at least 4 members (excludes halogenated alkanes) is 4. The lowest BCUT2D eigenvalue weighted by Gasteiger charge is -2.15. The number of aromatic hydroxyl groups is 3. The predicted octanol–water partition coefficient (Wildman–Crippen LogP) is 6.67. The molecule has 3 aromatic rings. The summed E-state index contributed by atoms with van der Waals surface area (Å²) in [6.45, 7) is 3.70. The highest BCUT2D eigenvalue weighted by molar-refractivity contribution is 5.99. The third kappa shape index (κ3) is 10.7. The summed E-state index contributed by atoms with van der Waals surface area (Å²) in [5.41, 5.74) is -0.283. The van der Waals surface area contributed by atoms with E-state index in [1.807, 2.05) is 13.8 Å². The van der Waals surface area contributed by atoms with Gasteiger partial charge in [0.25, 0.3) is 5.69 Å². The maximum Gasteiger partial charge on any atom is 0.347 e. The molecule has 0 unspecified atom stereocenters. The maximum absolute atomic E-state index is 13.3. The van der Waals surface area contributed by atoms with E-state index < -0.39 is 28.4 Å².